The predicted molar refractivity (Wildman–Crippen MR) is 64.9 cm³/mol. The first kappa shape index (κ1) is 11.8. The van der Waals surface area contributed by atoms with Crippen LogP contribution in [0.1, 0.15) is 11.4 Å². The number of hydrogen-bond acceptors (Lipinski definition) is 3. The molecule has 0 radical (unpaired) electrons. The van der Waals surface area contributed by atoms with Gasteiger partial charge in [0.05, 0.1) is 6.42 Å². The number of carbonyl (C=O) groups excluding carboxylic acids is 1. The molecule has 1 aromatic heterocycles. The van der Waals surface area contributed by atoms with Crippen molar-refractivity contribution < 1.29 is 4.79 Å². The zero-order valence-corrected chi connectivity index (χ0v) is 10.2. The van der Waals surface area contributed by atoms with Crippen molar-refractivity contribution in [1.29, 1.82) is 0 Å². The summed E-state index contributed by atoms with van der Waals surface area (Å²) in [5.41, 5.74) is 0.848. The molecule has 0 bridgehead atoms. The fourth-order valence-corrected chi connectivity index (χ4v) is 1.78. The molecule has 17 heavy (non-hydrogen) atoms. The van der Waals surface area contributed by atoms with Crippen LogP contribution < -0.4 is 0 Å². The van der Waals surface area contributed by atoms with Gasteiger partial charge < -0.3 is 0 Å². The van der Waals surface area contributed by atoms with Gasteiger partial charge in [0, 0.05) is 18.5 Å². The van der Waals surface area contributed by atoms with Gasteiger partial charge in [-0.3, -0.25) is 9.48 Å². The molecule has 0 aliphatic carbocycles. The quantitative estimate of drug-likeness (QED) is 0.831. The average molecular weight is 250 g/mol. The van der Waals surface area contributed by atoms with Crippen LogP contribution in [-0.4, -0.2) is 20.5 Å². The third kappa shape index (κ3) is 2.91. The highest BCUT2D eigenvalue weighted by Gasteiger charge is 2.10. The molecule has 88 valence electrons. The maximum atomic E-state index is 11.8. The van der Waals surface area contributed by atoms with E-state index in [1.165, 1.54) is 6.33 Å². The molecular weight excluding hydrogens is 238 g/mol. The number of hydrogen-bond donors (Lipinski definition) is 0. The maximum Gasteiger partial charge on any atom is 0.144 e. The monoisotopic (exact) mass is 249 g/mol. The molecule has 0 spiro atoms. The first-order chi connectivity index (χ1) is 8.16. The molecule has 0 aliphatic rings. The van der Waals surface area contributed by atoms with Crippen molar-refractivity contribution in [2.45, 2.75) is 12.8 Å². The van der Waals surface area contributed by atoms with Gasteiger partial charge in [-0.1, -0.05) is 29.8 Å². The van der Waals surface area contributed by atoms with Gasteiger partial charge >= 0.3 is 0 Å². The van der Waals surface area contributed by atoms with Gasteiger partial charge in [-0.15, -0.1) is 0 Å². The summed E-state index contributed by atoms with van der Waals surface area (Å²) >= 11 is 6.00. The van der Waals surface area contributed by atoms with Crippen molar-refractivity contribution >= 4 is 17.4 Å². The van der Waals surface area contributed by atoms with Crippen LogP contribution in [0.4, 0.5) is 0 Å². The Balaban J connectivity index is 2.03. The van der Waals surface area contributed by atoms with E-state index in [2.05, 4.69) is 10.1 Å². The Morgan fingerprint density at radius 2 is 2.12 bits per heavy atom. The first-order valence-electron chi connectivity index (χ1n) is 5.25. The number of rotatable bonds is 4. The van der Waals surface area contributed by atoms with E-state index < -0.39 is 0 Å². The highest BCUT2D eigenvalue weighted by atomic mass is 35.5. The van der Waals surface area contributed by atoms with Crippen LogP contribution >= 0.6 is 11.6 Å². The Kier molecular flexibility index (Phi) is 3.54. The number of aryl methyl sites for hydroxylation is 1. The number of carbonyl (C=O) groups is 1. The summed E-state index contributed by atoms with van der Waals surface area (Å²) in [6, 6.07) is 7.36. The van der Waals surface area contributed by atoms with Crippen molar-refractivity contribution in [2.24, 2.45) is 7.05 Å². The molecule has 0 fully saturated rings. The van der Waals surface area contributed by atoms with E-state index >= 15 is 0 Å². The summed E-state index contributed by atoms with van der Waals surface area (Å²) in [5, 5.41) is 4.55. The van der Waals surface area contributed by atoms with Crippen LogP contribution in [0.3, 0.4) is 0 Å². The van der Waals surface area contributed by atoms with E-state index in [9.17, 15) is 4.79 Å². The second-order valence-corrected chi connectivity index (χ2v) is 4.19. The molecule has 1 aromatic carbocycles. The summed E-state index contributed by atoms with van der Waals surface area (Å²) in [4.78, 5) is 15.9. The van der Waals surface area contributed by atoms with Crippen molar-refractivity contribution in [3.8, 4) is 0 Å². The minimum absolute atomic E-state index is 0.0780. The molecule has 2 aromatic rings. The number of halogens is 1. The molecule has 0 unspecified atom stereocenters. The summed E-state index contributed by atoms with van der Waals surface area (Å²) < 4.78 is 1.60. The largest absolute Gasteiger partial charge is 0.299 e. The van der Waals surface area contributed by atoms with Crippen molar-refractivity contribution in [3.63, 3.8) is 0 Å². The lowest BCUT2D eigenvalue weighted by Crippen LogP contribution is -2.11. The van der Waals surface area contributed by atoms with Crippen molar-refractivity contribution in [1.82, 2.24) is 14.8 Å². The number of aromatic nitrogens is 3. The van der Waals surface area contributed by atoms with Crippen LogP contribution in [0.25, 0.3) is 0 Å². The standard InChI is InChI=1S/C12H12ClN3O/c1-16-12(14-8-15-16)7-10(17)6-9-4-2-3-5-11(9)13/h2-5,8H,6-7H2,1H3. The maximum absolute atomic E-state index is 11.8. The molecule has 2 rings (SSSR count). The lowest BCUT2D eigenvalue weighted by Gasteiger charge is -2.03. The molecule has 0 saturated heterocycles. The van der Waals surface area contributed by atoms with Gasteiger partial charge in [-0.05, 0) is 11.6 Å². The van der Waals surface area contributed by atoms with E-state index in [1.807, 2.05) is 18.2 Å². The lowest BCUT2D eigenvalue weighted by molar-refractivity contribution is -0.117. The molecule has 4 nitrogen and oxygen atoms in total. The normalized spacial score (nSPS) is 10.5. The van der Waals surface area contributed by atoms with Crippen LogP contribution in [-0.2, 0) is 24.7 Å². The number of nitrogens with zero attached hydrogens (tertiary/aromatic N) is 3. The molecule has 0 N–H and O–H groups in total. The third-order valence-electron chi connectivity index (χ3n) is 2.51. The average Bonchev–Trinajstić information content (AvgIpc) is 2.68. The second kappa shape index (κ2) is 5.10. The van der Waals surface area contributed by atoms with Crippen LogP contribution in [0.2, 0.25) is 5.02 Å². The smallest absolute Gasteiger partial charge is 0.144 e. The molecule has 0 atom stereocenters. The van der Waals surface area contributed by atoms with E-state index in [4.69, 9.17) is 11.6 Å². The Labute approximate surface area is 104 Å². The van der Waals surface area contributed by atoms with E-state index in [-0.39, 0.29) is 12.2 Å². The van der Waals surface area contributed by atoms with Crippen molar-refractivity contribution in [3.05, 3.63) is 47.0 Å². The van der Waals surface area contributed by atoms with E-state index in [0.29, 0.717) is 17.3 Å². The molecule has 0 saturated carbocycles. The minimum atomic E-state index is 0.0780. The third-order valence-corrected chi connectivity index (χ3v) is 2.87. The summed E-state index contributed by atoms with van der Waals surface area (Å²) in [6.07, 6.45) is 2.05. The number of benzene rings is 1. The molecular formula is C12H12ClN3O. The number of Topliss-reactive ketones (excluding diaryl/α,β-unsaturated/α-hetero) is 1. The second-order valence-electron chi connectivity index (χ2n) is 3.78. The van der Waals surface area contributed by atoms with Crippen LogP contribution in [0, 0.1) is 0 Å². The Morgan fingerprint density at radius 3 is 2.76 bits per heavy atom. The predicted octanol–water partition coefficient (Wildman–Crippen LogP) is 1.82. The van der Waals surface area contributed by atoms with Crippen LogP contribution in [0.5, 0.6) is 0 Å². The Morgan fingerprint density at radius 1 is 1.35 bits per heavy atom. The van der Waals surface area contributed by atoms with Gasteiger partial charge in [-0.2, -0.15) is 5.10 Å². The topological polar surface area (TPSA) is 47.8 Å². The van der Waals surface area contributed by atoms with Gasteiger partial charge in [0.15, 0.2) is 0 Å². The fourth-order valence-electron chi connectivity index (χ4n) is 1.57. The highest BCUT2D eigenvalue weighted by Crippen LogP contribution is 2.16. The van der Waals surface area contributed by atoms with Gasteiger partial charge in [-0.25, -0.2) is 4.98 Å². The SMILES string of the molecule is Cn1ncnc1CC(=O)Cc1ccccc1Cl. The van der Waals surface area contributed by atoms with Gasteiger partial charge in [0.1, 0.15) is 17.9 Å². The molecule has 1 heterocycles. The van der Waals surface area contributed by atoms with E-state index in [1.54, 1.807) is 17.8 Å². The fraction of sp³-hybridized carbons (Fsp3) is 0.250. The van der Waals surface area contributed by atoms with Gasteiger partial charge in [0.2, 0.25) is 0 Å². The molecule has 5 heteroatoms. The minimum Gasteiger partial charge on any atom is -0.299 e. The summed E-state index contributed by atoms with van der Waals surface area (Å²) in [7, 11) is 1.77. The zero-order valence-electron chi connectivity index (χ0n) is 9.43. The Hall–Kier alpha value is -1.68. The molecule has 0 aliphatic heterocycles. The Bertz CT molecular complexity index is 536. The molecule has 0 amide bonds. The van der Waals surface area contributed by atoms with E-state index in [0.717, 1.165) is 5.56 Å². The lowest BCUT2D eigenvalue weighted by atomic mass is 10.1. The summed E-state index contributed by atoms with van der Waals surface area (Å²) in [6.45, 7) is 0. The summed E-state index contributed by atoms with van der Waals surface area (Å²) in [5.74, 6) is 0.747. The highest BCUT2D eigenvalue weighted by molar-refractivity contribution is 6.31. The van der Waals surface area contributed by atoms with Crippen molar-refractivity contribution in [2.75, 3.05) is 0 Å². The number of ketones is 1. The first-order valence-corrected chi connectivity index (χ1v) is 5.62. The van der Waals surface area contributed by atoms with Gasteiger partial charge in [0.25, 0.3) is 0 Å². The van der Waals surface area contributed by atoms with Crippen LogP contribution in [0.15, 0.2) is 30.6 Å². The zero-order chi connectivity index (χ0) is 12.3.